The molecule has 0 fully saturated rings. The summed E-state index contributed by atoms with van der Waals surface area (Å²) in [5.74, 6) is 1.02. The summed E-state index contributed by atoms with van der Waals surface area (Å²) in [6.07, 6.45) is 7.47. The molecular weight excluding hydrogens is 343 g/mol. The average Bonchev–Trinajstić information content (AvgIpc) is 3.25. The maximum Gasteiger partial charge on any atom is 0.213 e. The van der Waals surface area contributed by atoms with Crippen molar-refractivity contribution in [1.29, 1.82) is 0 Å². The predicted molar refractivity (Wildman–Crippen MR) is 102 cm³/mol. The molecule has 0 aliphatic carbocycles. The van der Waals surface area contributed by atoms with Crippen LogP contribution in [0.15, 0.2) is 42.9 Å². The van der Waals surface area contributed by atoms with E-state index in [1.165, 1.54) is 6.07 Å². The summed E-state index contributed by atoms with van der Waals surface area (Å²) in [6, 6.07) is 6.79. The average molecular weight is 364 g/mol. The van der Waals surface area contributed by atoms with Gasteiger partial charge in [-0.2, -0.15) is 4.39 Å². The lowest BCUT2D eigenvalue weighted by atomic mass is 10.2. The fourth-order valence-electron chi connectivity index (χ4n) is 3.34. The van der Waals surface area contributed by atoms with E-state index in [4.69, 9.17) is 4.98 Å². The van der Waals surface area contributed by atoms with Gasteiger partial charge in [-0.05, 0) is 31.5 Å². The molecule has 0 radical (unpaired) electrons. The van der Waals surface area contributed by atoms with Gasteiger partial charge in [0, 0.05) is 24.6 Å². The Kier molecular flexibility index (Phi) is 4.66. The van der Waals surface area contributed by atoms with Crippen LogP contribution < -0.4 is 0 Å². The van der Waals surface area contributed by atoms with E-state index in [1.807, 2.05) is 17.0 Å². The minimum Gasteiger partial charge on any atom is -0.325 e. The molecule has 7 heteroatoms. The summed E-state index contributed by atoms with van der Waals surface area (Å²) in [6.45, 7) is 5.55. The van der Waals surface area contributed by atoms with E-state index in [2.05, 4.69) is 39.4 Å². The number of hydrogen-bond donors (Lipinski definition) is 0. The fraction of sp³-hybridized carbons (Fsp3) is 0.300. The number of imidazole rings is 2. The monoisotopic (exact) mass is 364 g/mol. The Labute approximate surface area is 156 Å². The number of pyridine rings is 2. The van der Waals surface area contributed by atoms with Gasteiger partial charge in [0.1, 0.15) is 11.5 Å². The molecule has 0 aromatic carbocycles. The van der Waals surface area contributed by atoms with Crippen LogP contribution in [0.1, 0.15) is 31.8 Å². The van der Waals surface area contributed by atoms with Crippen molar-refractivity contribution < 1.29 is 4.39 Å². The second kappa shape index (κ2) is 7.26. The lowest BCUT2D eigenvalue weighted by Crippen LogP contribution is -2.09. The van der Waals surface area contributed by atoms with Crippen LogP contribution in [0, 0.1) is 5.95 Å². The quantitative estimate of drug-likeness (QED) is 0.488. The van der Waals surface area contributed by atoms with Crippen LogP contribution in [-0.4, -0.2) is 29.1 Å². The molecule has 0 saturated carbocycles. The third-order valence-electron chi connectivity index (χ3n) is 4.56. The van der Waals surface area contributed by atoms with Gasteiger partial charge in [-0.15, -0.1) is 0 Å². The van der Waals surface area contributed by atoms with Gasteiger partial charge in [-0.1, -0.05) is 19.4 Å². The molecule has 0 saturated heterocycles. The van der Waals surface area contributed by atoms with Gasteiger partial charge in [-0.25, -0.2) is 15.0 Å². The second-order valence-electron chi connectivity index (χ2n) is 6.41. The number of hydrogen-bond acceptors (Lipinski definition) is 4. The van der Waals surface area contributed by atoms with Crippen molar-refractivity contribution in [2.75, 3.05) is 0 Å². The van der Waals surface area contributed by atoms with Gasteiger partial charge in [0.25, 0.3) is 0 Å². The highest BCUT2D eigenvalue weighted by atomic mass is 19.1. The Morgan fingerprint density at radius 1 is 1.11 bits per heavy atom. The number of aryl methyl sites for hydroxylation is 2. The van der Waals surface area contributed by atoms with Crippen LogP contribution in [0.4, 0.5) is 4.39 Å². The van der Waals surface area contributed by atoms with E-state index >= 15 is 0 Å². The van der Waals surface area contributed by atoms with Gasteiger partial charge < -0.3 is 9.13 Å². The first-order valence-corrected chi connectivity index (χ1v) is 9.17. The van der Waals surface area contributed by atoms with Crippen LogP contribution >= 0.6 is 0 Å². The maximum atomic E-state index is 13.5. The van der Waals surface area contributed by atoms with Crippen molar-refractivity contribution in [3.8, 4) is 11.5 Å². The first-order chi connectivity index (χ1) is 13.2. The molecule has 0 spiro atoms. The van der Waals surface area contributed by atoms with E-state index < -0.39 is 5.95 Å². The van der Waals surface area contributed by atoms with E-state index in [0.29, 0.717) is 18.1 Å². The molecule has 27 heavy (non-hydrogen) atoms. The highest BCUT2D eigenvalue weighted by molar-refractivity contribution is 5.75. The molecule has 0 unspecified atom stereocenters. The van der Waals surface area contributed by atoms with Gasteiger partial charge in [-0.3, -0.25) is 4.98 Å². The molecule has 0 aliphatic rings. The van der Waals surface area contributed by atoms with E-state index in [-0.39, 0.29) is 0 Å². The molecule has 0 bridgehead atoms. The second-order valence-corrected chi connectivity index (χ2v) is 6.41. The first-order valence-electron chi connectivity index (χ1n) is 9.17. The van der Waals surface area contributed by atoms with E-state index in [1.54, 1.807) is 18.3 Å². The minimum absolute atomic E-state index is 0.506. The third-order valence-corrected chi connectivity index (χ3v) is 4.56. The molecule has 4 rings (SSSR count). The van der Waals surface area contributed by atoms with Gasteiger partial charge in [0.2, 0.25) is 5.95 Å². The molecule has 0 N–H and O–H groups in total. The van der Waals surface area contributed by atoms with Crippen molar-refractivity contribution in [3.05, 3.63) is 60.3 Å². The Morgan fingerprint density at radius 3 is 2.78 bits per heavy atom. The summed E-state index contributed by atoms with van der Waals surface area (Å²) < 4.78 is 17.6. The summed E-state index contributed by atoms with van der Waals surface area (Å²) in [4.78, 5) is 17.7. The molecule has 6 nitrogen and oxygen atoms in total. The Hall–Kier alpha value is -3.09. The van der Waals surface area contributed by atoms with Crippen LogP contribution in [0.2, 0.25) is 0 Å². The Morgan fingerprint density at radius 2 is 2.00 bits per heavy atom. The minimum atomic E-state index is -0.516. The highest BCUT2D eigenvalue weighted by Crippen LogP contribution is 2.21. The number of aromatic nitrogens is 6. The summed E-state index contributed by atoms with van der Waals surface area (Å²) in [7, 11) is 0. The maximum absolute atomic E-state index is 13.5. The zero-order valence-electron chi connectivity index (χ0n) is 15.4. The van der Waals surface area contributed by atoms with Crippen LogP contribution in [0.25, 0.3) is 22.6 Å². The molecule has 0 atom stereocenters. The van der Waals surface area contributed by atoms with Crippen molar-refractivity contribution >= 4 is 11.0 Å². The fourth-order valence-corrected chi connectivity index (χ4v) is 3.34. The van der Waals surface area contributed by atoms with Crippen molar-refractivity contribution in [2.24, 2.45) is 0 Å². The van der Waals surface area contributed by atoms with Gasteiger partial charge in [0.05, 0.1) is 23.8 Å². The zero-order chi connectivity index (χ0) is 18.8. The summed E-state index contributed by atoms with van der Waals surface area (Å²) in [5, 5.41) is 0. The normalized spacial score (nSPS) is 11.4. The predicted octanol–water partition coefficient (Wildman–Crippen LogP) is 3.85. The van der Waals surface area contributed by atoms with Gasteiger partial charge in [0.15, 0.2) is 5.82 Å². The molecular formula is C20H21FN6. The van der Waals surface area contributed by atoms with Crippen LogP contribution in [-0.2, 0) is 19.5 Å². The van der Waals surface area contributed by atoms with Gasteiger partial charge >= 0.3 is 0 Å². The number of halogens is 1. The Balaban J connectivity index is 1.73. The Bertz CT molecular complexity index is 1080. The van der Waals surface area contributed by atoms with Crippen molar-refractivity contribution in [2.45, 2.75) is 39.8 Å². The molecule has 4 aromatic rings. The van der Waals surface area contributed by atoms with Crippen LogP contribution in [0.3, 0.4) is 0 Å². The smallest absolute Gasteiger partial charge is 0.213 e. The van der Waals surface area contributed by atoms with Crippen molar-refractivity contribution in [1.82, 2.24) is 29.1 Å². The van der Waals surface area contributed by atoms with Crippen molar-refractivity contribution in [3.63, 3.8) is 0 Å². The lowest BCUT2D eigenvalue weighted by Gasteiger charge is -2.09. The topological polar surface area (TPSA) is 61.4 Å². The largest absolute Gasteiger partial charge is 0.325 e. The van der Waals surface area contributed by atoms with E-state index in [9.17, 15) is 4.39 Å². The number of nitrogens with zero attached hydrogens (tertiary/aromatic N) is 6. The molecule has 0 amide bonds. The number of rotatable bonds is 6. The number of fused-ring (bicyclic) bond motifs is 1. The van der Waals surface area contributed by atoms with E-state index in [0.717, 1.165) is 41.9 Å². The third kappa shape index (κ3) is 3.32. The molecule has 138 valence electrons. The summed E-state index contributed by atoms with van der Waals surface area (Å²) >= 11 is 0. The molecule has 0 aliphatic heterocycles. The standard InChI is InChI=1S/C20H21FN6/c1-3-6-14-11-16-17(12-23-14)27(4-2)19(25-16)13-26-10-9-22-20(26)15-7-5-8-18(21)24-15/h5,7-12H,3-4,6,13H2,1-2H3. The van der Waals surface area contributed by atoms with Crippen LogP contribution in [0.5, 0.6) is 0 Å². The molecule has 4 heterocycles. The highest BCUT2D eigenvalue weighted by Gasteiger charge is 2.14. The molecule has 4 aromatic heterocycles. The SMILES string of the molecule is CCCc1cc2nc(Cn3ccnc3-c3cccc(F)n3)n(CC)c2cn1. The summed E-state index contributed by atoms with van der Waals surface area (Å²) in [5.41, 5.74) is 3.55. The lowest BCUT2D eigenvalue weighted by molar-refractivity contribution is 0.584. The zero-order valence-corrected chi connectivity index (χ0v) is 15.4. The first kappa shape index (κ1) is 17.3.